The van der Waals surface area contributed by atoms with E-state index in [-0.39, 0.29) is 0 Å². The summed E-state index contributed by atoms with van der Waals surface area (Å²) in [4.78, 5) is 3.91. The minimum Gasteiger partial charge on any atom is -0.293 e. The molecule has 1 aromatic rings. The summed E-state index contributed by atoms with van der Waals surface area (Å²) in [5.74, 6) is 0. The second-order valence-electron chi connectivity index (χ2n) is 2.77. The molecule has 0 saturated carbocycles. The van der Waals surface area contributed by atoms with Crippen molar-refractivity contribution in [1.29, 1.82) is 0 Å². The second kappa shape index (κ2) is 3.70. The highest BCUT2D eigenvalue weighted by atomic mass is 79.9. The van der Waals surface area contributed by atoms with Gasteiger partial charge in [0.25, 0.3) is 0 Å². The first-order valence-electron chi connectivity index (χ1n) is 3.47. The van der Waals surface area contributed by atoms with Gasteiger partial charge in [-0.05, 0) is 38.0 Å². The molecule has 1 nitrogen and oxygen atoms in total. The Balaban J connectivity index is 2.84. The van der Waals surface area contributed by atoms with Crippen LogP contribution in [0.3, 0.4) is 0 Å². The number of thiophene rings is 1. The molecule has 0 aliphatic carbocycles. The molecule has 62 valence electrons. The van der Waals surface area contributed by atoms with Crippen LogP contribution < -0.4 is 0 Å². The molecule has 0 bridgehead atoms. The summed E-state index contributed by atoms with van der Waals surface area (Å²) in [5, 5.41) is 2.13. The van der Waals surface area contributed by atoms with Gasteiger partial charge in [-0.3, -0.25) is 4.90 Å². The number of halogens is 1. The highest BCUT2D eigenvalue weighted by molar-refractivity contribution is 9.09. The Bertz CT molecular complexity index is 232. The summed E-state index contributed by atoms with van der Waals surface area (Å²) in [6.45, 7) is 2.14. The topological polar surface area (TPSA) is 3.24 Å². The zero-order valence-electron chi connectivity index (χ0n) is 6.97. The molecule has 0 radical (unpaired) electrons. The van der Waals surface area contributed by atoms with Crippen molar-refractivity contribution < 1.29 is 0 Å². The minimum atomic E-state index is 0.363. The van der Waals surface area contributed by atoms with E-state index in [9.17, 15) is 0 Å². The van der Waals surface area contributed by atoms with E-state index in [1.54, 1.807) is 11.3 Å². The zero-order chi connectivity index (χ0) is 8.43. The fourth-order valence-corrected chi connectivity index (χ4v) is 2.54. The van der Waals surface area contributed by atoms with E-state index in [0.29, 0.717) is 4.95 Å². The highest BCUT2D eigenvalue weighted by Gasteiger charge is 2.12. The lowest BCUT2D eigenvalue weighted by molar-refractivity contribution is 0.401. The quantitative estimate of drug-likeness (QED) is 0.561. The molecule has 0 spiro atoms. The molecule has 0 fully saturated rings. The van der Waals surface area contributed by atoms with Crippen LogP contribution in [0.1, 0.15) is 15.4 Å². The molecule has 0 aliphatic heterocycles. The van der Waals surface area contributed by atoms with Crippen LogP contribution in [0.2, 0.25) is 0 Å². The molecule has 1 aromatic heterocycles. The first-order chi connectivity index (χ1) is 5.13. The van der Waals surface area contributed by atoms with Crippen molar-refractivity contribution >= 4 is 27.3 Å². The number of hydrogen-bond acceptors (Lipinski definition) is 2. The largest absolute Gasteiger partial charge is 0.293 e. The first kappa shape index (κ1) is 9.23. The highest BCUT2D eigenvalue weighted by Crippen LogP contribution is 2.31. The molecule has 11 heavy (non-hydrogen) atoms. The van der Waals surface area contributed by atoms with Gasteiger partial charge in [0.05, 0.1) is 0 Å². The Labute approximate surface area is 80.2 Å². The molecule has 1 rings (SSSR count). The van der Waals surface area contributed by atoms with Gasteiger partial charge in [-0.1, -0.05) is 15.9 Å². The number of alkyl halides is 1. The Kier molecular flexibility index (Phi) is 3.10. The maximum absolute atomic E-state index is 3.62. The van der Waals surface area contributed by atoms with Crippen molar-refractivity contribution in [2.75, 3.05) is 14.1 Å². The molecular weight excluding hydrogens is 222 g/mol. The molecule has 0 N–H and O–H groups in total. The van der Waals surface area contributed by atoms with Gasteiger partial charge < -0.3 is 0 Å². The summed E-state index contributed by atoms with van der Waals surface area (Å²) >= 11 is 5.41. The van der Waals surface area contributed by atoms with E-state index in [1.165, 1.54) is 10.4 Å². The Hall–Kier alpha value is 0.140. The van der Waals surface area contributed by atoms with Gasteiger partial charge in [0, 0.05) is 4.88 Å². The van der Waals surface area contributed by atoms with Crippen LogP contribution in [0.15, 0.2) is 11.4 Å². The summed E-state index contributed by atoms with van der Waals surface area (Å²) < 4.78 is 0. The third-order valence-electron chi connectivity index (χ3n) is 1.57. The molecule has 0 amide bonds. The lowest BCUT2D eigenvalue weighted by Crippen LogP contribution is -2.13. The van der Waals surface area contributed by atoms with Crippen LogP contribution in [0.25, 0.3) is 0 Å². The van der Waals surface area contributed by atoms with Crippen LogP contribution in [-0.2, 0) is 0 Å². The van der Waals surface area contributed by atoms with Gasteiger partial charge in [-0.25, -0.2) is 0 Å². The summed E-state index contributed by atoms with van der Waals surface area (Å²) in [5.41, 5.74) is 1.37. The Morgan fingerprint density at radius 3 is 2.55 bits per heavy atom. The average molecular weight is 234 g/mol. The van der Waals surface area contributed by atoms with Gasteiger partial charge in [0.2, 0.25) is 0 Å². The third kappa shape index (κ3) is 2.04. The normalized spacial score (nSPS) is 13.9. The van der Waals surface area contributed by atoms with Crippen molar-refractivity contribution in [3.63, 3.8) is 0 Å². The van der Waals surface area contributed by atoms with Crippen molar-refractivity contribution in [2.24, 2.45) is 0 Å². The molecular formula is C8H12BrNS. The first-order valence-corrected chi connectivity index (χ1v) is 5.27. The second-order valence-corrected chi connectivity index (χ2v) is 4.58. The van der Waals surface area contributed by atoms with Crippen molar-refractivity contribution in [1.82, 2.24) is 4.90 Å². The van der Waals surface area contributed by atoms with E-state index in [0.717, 1.165) is 0 Å². The van der Waals surface area contributed by atoms with Crippen LogP contribution in [-0.4, -0.2) is 19.0 Å². The van der Waals surface area contributed by atoms with Crippen LogP contribution in [0.5, 0.6) is 0 Å². The predicted molar refractivity (Wildman–Crippen MR) is 54.4 cm³/mol. The zero-order valence-corrected chi connectivity index (χ0v) is 9.37. The Morgan fingerprint density at radius 1 is 1.55 bits per heavy atom. The minimum absolute atomic E-state index is 0.363. The van der Waals surface area contributed by atoms with Crippen molar-refractivity contribution in [3.05, 3.63) is 21.9 Å². The van der Waals surface area contributed by atoms with Crippen molar-refractivity contribution in [2.45, 2.75) is 11.9 Å². The monoisotopic (exact) mass is 233 g/mol. The van der Waals surface area contributed by atoms with E-state index in [2.05, 4.69) is 53.3 Å². The number of nitrogens with zero attached hydrogens (tertiary/aromatic N) is 1. The lowest BCUT2D eigenvalue weighted by Gasteiger charge is -2.17. The van der Waals surface area contributed by atoms with Crippen LogP contribution >= 0.6 is 27.3 Å². The van der Waals surface area contributed by atoms with Gasteiger partial charge >= 0.3 is 0 Å². The number of aryl methyl sites for hydroxylation is 1. The smallest absolute Gasteiger partial charge is 0.100 e. The number of rotatable bonds is 2. The van der Waals surface area contributed by atoms with Crippen LogP contribution in [0, 0.1) is 6.92 Å². The molecule has 0 saturated heterocycles. The predicted octanol–water partition coefficient (Wildman–Crippen LogP) is 3.01. The number of hydrogen-bond donors (Lipinski definition) is 0. The van der Waals surface area contributed by atoms with E-state index >= 15 is 0 Å². The average Bonchev–Trinajstić information content (AvgIpc) is 2.33. The fraction of sp³-hybridized carbons (Fsp3) is 0.500. The summed E-state index contributed by atoms with van der Waals surface area (Å²) in [7, 11) is 4.14. The lowest BCUT2D eigenvalue weighted by atomic mass is 10.3. The fourth-order valence-electron chi connectivity index (χ4n) is 0.863. The Morgan fingerprint density at radius 2 is 2.18 bits per heavy atom. The molecule has 1 heterocycles. The SMILES string of the molecule is Cc1ccsc1C(Br)N(C)C. The summed E-state index contributed by atoms with van der Waals surface area (Å²) in [6.07, 6.45) is 0. The standard InChI is InChI=1S/C8H12BrNS/c1-6-4-5-11-7(6)8(9)10(2)3/h4-5,8H,1-3H3. The van der Waals surface area contributed by atoms with E-state index in [1.807, 2.05) is 0 Å². The third-order valence-corrected chi connectivity index (χ3v) is 4.22. The molecule has 3 heteroatoms. The van der Waals surface area contributed by atoms with Gasteiger partial charge in [-0.2, -0.15) is 0 Å². The molecule has 0 aromatic carbocycles. The van der Waals surface area contributed by atoms with Gasteiger partial charge in [0.1, 0.15) is 4.95 Å². The van der Waals surface area contributed by atoms with Gasteiger partial charge in [0.15, 0.2) is 0 Å². The van der Waals surface area contributed by atoms with Crippen LogP contribution in [0.4, 0.5) is 0 Å². The molecule has 0 aliphatic rings. The van der Waals surface area contributed by atoms with E-state index < -0.39 is 0 Å². The van der Waals surface area contributed by atoms with Crippen molar-refractivity contribution in [3.8, 4) is 0 Å². The summed E-state index contributed by atoms with van der Waals surface area (Å²) in [6, 6.07) is 2.15. The molecule has 1 unspecified atom stereocenters. The van der Waals surface area contributed by atoms with E-state index in [4.69, 9.17) is 0 Å². The maximum atomic E-state index is 3.62. The maximum Gasteiger partial charge on any atom is 0.100 e. The molecule has 1 atom stereocenters. The van der Waals surface area contributed by atoms with Gasteiger partial charge in [-0.15, -0.1) is 11.3 Å².